The molecule has 3 aromatic carbocycles. The summed E-state index contributed by atoms with van der Waals surface area (Å²) >= 11 is 11.0. The monoisotopic (exact) mass is 1370 g/mol. The SMILES string of the molecule is CC(=O)C1CCN(c2nccnc2OC2CC(Nc3nc4ccccc4s3)C2)CC1.CC(=O)C1CCNCC1.CC(O)C1CCN(c2nccnc2OC2CC(Nc3nc4ccccc4s3)C2)CC1.CO.Clc1nccnc1OC1CC(Nc2nc3ccccc3s2)C1.[B].[H-].[Na+]. The fourth-order valence-corrected chi connectivity index (χ4v) is 15.1. The number of hydrogen-bond acceptors (Lipinski definition) is 25. The summed E-state index contributed by atoms with van der Waals surface area (Å²) in [5.41, 5.74) is 3.11. The first-order valence-corrected chi connectivity index (χ1v) is 35.0. The van der Waals surface area contributed by atoms with Gasteiger partial charge < -0.3 is 56.9 Å². The van der Waals surface area contributed by atoms with Crippen LogP contribution in [-0.2, 0) is 9.59 Å². The number of fused-ring (bicyclic) bond motifs is 3. The summed E-state index contributed by atoms with van der Waals surface area (Å²) < 4.78 is 21.8. The van der Waals surface area contributed by atoms with Crippen LogP contribution in [0.15, 0.2) is 110 Å². The predicted octanol–water partition coefficient (Wildman–Crippen LogP) is 8.30. The first-order valence-electron chi connectivity index (χ1n) is 32.2. The third kappa shape index (κ3) is 19.9. The zero-order valence-electron chi connectivity index (χ0n) is 55.4. The normalized spacial score (nSPS) is 21.2. The number of nitrogens with zero attached hydrogens (tertiary/aromatic N) is 11. The van der Waals surface area contributed by atoms with Crippen molar-refractivity contribution in [3.63, 3.8) is 0 Å². The fourth-order valence-electron chi connectivity index (χ4n) is 12.1. The van der Waals surface area contributed by atoms with Crippen molar-refractivity contribution in [1.82, 2.24) is 50.2 Å². The molecule has 3 aliphatic heterocycles. The molecular weight excluding hydrogens is 1290 g/mol. The molecular formula is C67H83BClN15NaO7S3. The molecule has 6 aromatic heterocycles. The second-order valence-corrected chi connectivity index (χ2v) is 27.7. The van der Waals surface area contributed by atoms with Gasteiger partial charge in [-0.15, -0.1) is 0 Å². The van der Waals surface area contributed by atoms with Crippen LogP contribution in [0.4, 0.5) is 27.0 Å². The quantitative estimate of drug-likeness (QED) is 0.0468. The Balaban J connectivity index is 0.000000170. The summed E-state index contributed by atoms with van der Waals surface area (Å²) in [6.07, 6.45) is 21.3. The first kappa shape index (κ1) is 72.8. The molecule has 95 heavy (non-hydrogen) atoms. The average molecular weight is 1380 g/mol. The van der Waals surface area contributed by atoms with E-state index in [9.17, 15) is 14.7 Å². The van der Waals surface area contributed by atoms with Gasteiger partial charge in [-0.3, -0.25) is 9.59 Å². The van der Waals surface area contributed by atoms with Gasteiger partial charge in [0.05, 0.1) is 36.8 Å². The number of aromatic nitrogens is 9. The molecule has 1 atom stereocenters. The number of benzene rings is 3. The Morgan fingerprint density at radius 2 is 0.874 bits per heavy atom. The van der Waals surface area contributed by atoms with Gasteiger partial charge in [0.1, 0.15) is 29.9 Å². The van der Waals surface area contributed by atoms with Crippen molar-refractivity contribution < 1.29 is 65.0 Å². The summed E-state index contributed by atoms with van der Waals surface area (Å²) in [5, 5.41) is 33.8. The number of Topliss-reactive ketones (excluding diaryl/α,β-unsaturated/α-hetero) is 2. The molecule has 9 aromatic rings. The van der Waals surface area contributed by atoms with Gasteiger partial charge in [0.15, 0.2) is 32.2 Å². The minimum Gasteiger partial charge on any atom is -1.00 e. The number of rotatable bonds is 17. The third-order valence-corrected chi connectivity index (χ3v) is 20.9. The van der Waals surface area contributed by atoms with Crippen molar-refractivity contribution in [3.8, 4) is 17.6 Å². The van der Waals surface area contributed by atoms with Gasteiger partial charge in [0.25, 0.3) is 17.6 Å². The number of aliphatic hydroxyl groups is 2. The van der Waals surface area contributed by atoms with Crippen molar-refractivity contribution in [3.05, 3.63) is 115 Å². The molecule has 3 aliphatic carbocycles. The Labute approximate surface area is 597 Å². The van der Waals surface area contributed by atoms with E-state index in [-0.39, 0.29) is 75.5 Å². The van der Waals surface area contributed by atoms with Gasteiger partial charge in [0, 0.05) is 147 Å². The summed E-state index contributed by atoms with van der Waals surface area (Å²) in [4.78, 5) is 66.7. The molecule has 6 aliphatic rings. The Hall–Kier alpha value is -6.46. The summed E-state index contributed by atoms with van der Waals surface area (Å²) in [6.45, 7) is 10.7. The Bertz CT molecular complexity index is 3770. The van der Waals surface area contributed by atoms with Crippen LogP contribution in [0, 0.1) is 17.8 Å². The maximum Gasteiger partial charge on any atom is 1.00 e. The van der Waals surface area contributed by atoms with E-state index in [4.69, 9.17) is 30.9 Å². The number of anilines is 5. The number of thiazole rings is 3. The Morgan fingerprint density at radius 3 is 1.23 bits per heavy atom. The Morgan fingerprint density at radius 1 is 0.537 bits per heavy atom. The second kappa shape index (κ2) is 35.7. The zero-order chi connectivity index (χ0) is 64.6. The zero-order valence-corrected chi connectivity index (χ0v) is 59.6. The molecule has 28 heteroatoms. The van der Waals surface area contributed by atoms with Gasteiger partial charge in [-0.05, 0) is 115 Å². The fraction of sp³-hybridized carbons (Fsp3) is 0.478. The number of aliphatic hydroxyl groups excluding tert-OH is 2. The van der Waals surface area contributed by atoms with E-state index in [2.05, 4.69) is 94.1 Å². The molecule has 15 rings (SSSR count). The minimum absolute atomic E-state index is 0. The topological polar surface area (TPSA) is 273 Å². The molecule has 497 valence electrons. The number of nitrogens with one attached hydrogen (secondary N) is 4. The van der Waals surface area contributed by atoms with Gasteiger partial charge >= 0.3 is 29.6 Å². The number of para-hydroxylation sites is 3. The third-order valence-electron chi connectivity index (χ3n) is 17.7. The van der Waals surface area contributed by atoms with Gasteiger partial charge in [-0.2, -0.15) is 0 Å². The number of halogens is 1. The van der Waals surface area contributed by atoms with Crippen LogP contribution in [0.5, 0.6) is 17.6 Å². The van der Waals surface area contributed by atoms with Crippen molar-refractivity contribution in [2.75, 3.05) is 72.1 Å². The number of ketones is 2. The van der Waals surface area contributed by atoms with Crippen LogP contribution < -0.4 is 74.8 Å². The summed E-state index contributed by atoms with van der Waals surface area (Å²) in [6, 6.07) is 25.7. The smallest absolute Gasteiger partial charge is 1.00 e. The van der Waals surface area contributed by atoms with Gasteiger partial charge in [-0.1, -0.05) is 82.0 Å². The first-order chi connectivity index (χ1) is 45.4. The Kier molecular flexibility index (Phi) is 27.4. The standard InChI is InChI=1S/C22H27N5O2S.C22H25N5O2S.C15H13ClN4OS.C7H13NO.CH4O.B.Na.H/c2*1-14(28)15-6-10-27(11-7-15)20-21(24-9-8-23-20)29-17-12-16(13-17)25-22-26-18-4-2-3-5-19(18)30-22;16-13-14(18-6-5-17-13)21-10-7-9(8-10)19-15-20-11-3-1-2-4-12(11)22-15;1-6(9)7-2-4-8-5-3-7;1-2;;;/h2-5,8-9,14-17,28H,6-7,10-13H2,1H3,(H,25,26);2-5,8-9,15-17H,6-7,10-13H2,1H3,(H,25,26);1-6,9-10H,7-8H2,(H,19,20);7-8H,2-5H2,1H3;2H,1H3;;;/q;;;;;;+1;-1. The van der Waals surface area contributed by atoms with Crippen molar-refractivity contribution in [1.29, 1.82) is 0 Å². The largest absolute Gasteiger partial charge is 1.00 e. The number of hydrogen-bond donors (Lipinski definition) is 6. The maximum atomic E-state index is 11.6. The molecule has 3 saturated heterocycles. The molecule has 0 spiro atoms. The van der Waals surface area contributed by atoms with Crippen LogP contribution in [0.3, 0.4) is 0 Å². The molecule has 3 radical (unpaired) electrons. The molecule has 3 saturated carbocycles. The maximum absolute atomic E-state index is 11.6. The number of ether oxygens (including phenoxy) is 3. The summed E-state index contributed by atoms with van der Waals surface area (Å²) in [7, 11) is 1.00. The van der Waals surface area contributed by atoms with Crippen LogP contribution in [0.1, 0.15) is 99.2 Å². The van der Waals surface area contributed by atoms with Crippen LogP contribution >= 0.6 is 45.6 Å². The number of carbonyl (C=O) groups excluding carboxylic acids is 2. The van der Waals surface area contributed by atoms with Crippen LogP contribution in [0.2, 0.25) is 5.15 Å². The predicted molar refractivity (Wildman–Crippen MR) is 377 cm³/mol. The van der Waals surface area contributed by atoms with Crippen LogP contribution in [-0.4, -0.2) is 164 Å². The van der Waals surface area contributed by atoms with Gasteiger partial charge in [-0.25, -0.2) is 44.9 Å². The molecule has 0 bridgehead atoms. The number of carbonyl (C=O) groups is 2. The molecule has 0 amide bonds. The van der Waals surface area contributed by atoms with Crippen molar-refractivity contribution >= 4 is 123 Å². The van der Waals surface area contributed by atoms with E-state index in [1.54, 1.807) is 85.0 Å². The van der Waals surface area contributed by atoms with E-state index in [1.807, 2.05) is 61.5 Å². The average Bonchev–Trinajstić information content (AvgIpc) is 0.946. The van der Waals surface area contributed by atoms with E-state index < -0.39 is 0 Å². The van der Waals surface area contributed by atoms with E-state index in [0.29, 0.717) is 58.5 Å². The van der Waals surface area contributed by atoms with Crippen molar-refractivity contribution in [2.24, 2.45) is 17.8 Å². The minimum atomic E-state index is -0.250. The molecule has 1 unspecified atom stereocenters. The van der Waals surface area contributed by atoms with E-state index in [0.717, 1.165) is 167 Å². The van der Waals surface area contributed by atoms with Crippen LogP contribution in [0.25, 0.3) is 30.6 Å². The number of piperidine rings is 3. The molecule has 6 fully saturated rings. The van der Waals surface area contributed by atoms with E-state index >= 15 is 0 Å². The molecule has 22 nitrogen and oxygen atoms in total. The second-order valence-electron chi connectivity index (χ2n) is 24.2. The van der Waals surface area contributed by atoms with E-state index in [1.165, 1.54) is 14.1 Å². The van der Waals surface area contributed by atoms with Crippen molar-refractivity contribution in [2.45, 2.75) is 140 Å². The van der Waals surface area contributed by atoms with Gasteiger partial charge in [0.2, 0.25) is 0 Å². The summed E-state index contributed by atoms with van der Waals surface area (Å²) in [5.74, 6) is 4.78. The molecule has 9 heterocycles. The molecule has 6 N–H and O–H groups in total.